The number of carbonyl (C=O) groups is 2. The normalized spacial score (nSPS) is 10.4. The Balaban J connectivity index is 2.65. The molecule has 0 radical (unpaired) electrons. The van der Waals surface area contributed by atoms with Gasteiger partial charge >= 0.3 is 11.9 Å². The monoisotopic (exact) mass is 410 g/mol. The van der Waals surface area contributed by atoms with Gasteiger partial charge in [0.25, 0.3) is 5.69 Å². The van der Waals surface area contributed by atoms with Crippen molar-refractivity contribution in [2.45, 2.75) is 13.8 Å². The molecule has 1 heterocycles. The molecular formula is C16H15BrN2O6. The van der Waals surface area contributed by atoms with Crippen LogP contribution in [0.2, 0.25) is 0 Å². The zero-order chi connectivity index (χ0) is 18.6. The number of aromatic nitrogens is 1. The molecule has 0 fully saturated rings. The van der Waals surface area contributed by atoms with E-state index in [2.05, 4.69) is 15.9 Å². The maximum Gasteiger partial charge on any atom is 0.355 e. The summed E-state index contributed by atoms with van der Waals surface area (Å²) in [6.45, 7) is 3.58. The Bertz CT molecular complexity index is 830. The molecule has 1 aromatic heterocycles. The first-order chi connectivity index (χ1) is 11.9. The quantitative estimate of drug-likeness (QED) is 0.410. The molecule has 25 heavy (non-hydrogen) atoms. The molecule has 0 aliphatic heterocycles. The molecule has 0 atom stereocenters. The molecule has 0 saturated carbocycles. The number of ether oxygens (including phenoxy) is 2. The highest BCUT2D eigenvalue weighted by Crippen LogP contribution is 2.29. The van der Waals surface area contributed by atoms with E-state index in [4.69, 9.17) is 9.47 Å². The number of esters is 2. The third kappa shape index (κ3) is 4.05. The summed E-state index contributed by atoms with van der Waals surface area (Å²) >= 11 is 3.18. The van der Waals surface area contributed by atoms with Gasteiger partial charge < -0.3 is 14.0 Å². The SMILES string of the molecule is CCOC(=O)c1cc(C(=O)OCC)n(-c2ccc(Br)cc2[N+](=O)[O-])c1. The first-order valence-corrected chi connectivity index (χ1v) is 8.19. The molecule has 0 spiro atoms. The maximum absolute atomic E-state index is 12.2. The van der Waals surface area contributed by atoms with Crippen molar-refractivity contribution >= 4 is 33.6 Å². The number of halogens is 1. The molecule has 8 nitrogen and oxygen atoms in total. The van der Waals surface area contributed by atoms with E-state index in [9.17, 15) is 19.7 Å². The Morgan fingerprint density at radius 3 is 2.40 bits per heavy atom. The number of benzene rings is 1. The van der Waals surface area contributed by atoms with Gasteiger partial charge in [0.15, 0.2) is 0 Å². The number of hydrogen-bond acceptors (Lipinski definition) is 6. The van der Waals surface area contributed by atoms with Crippen LogP contribution in [0.15, 0.2) is 34.9 Å². The van der Waals surface area contributed by atoms with Crippen LogP contribution >= 0.6 is 15.9 Å². The van der Waals surface area contributed by atoms with Gasteiger partial charge in [0.05, 0.1) is 23.7 Å². The smallest absolute Gasteiger partial charge is 0.355 e. The molecule has 0 unspecified atom stereocenters. The van der Waals surface area contributed by atoms with Crippen molar-refractivity contribution in [1.29, 1.82) is 0 Å². The molecule has 0 aliphatic rings. The fourth-order valence-corrected chi connectivity index (χ4v) is 2.55. The highest BCUT2D eigenvalue weighted by molar-refractivity contribution is 9.10. The minimum atomic E-state index is -0.699. The van der Waals surface area contributed by atoms with Crippen LogP contribution in [-0.2, 0) is 9.47 Å². The van der Waals surface area contributed by atoms with Crippen molar-refractivity contribution in [2.75, 3.05) is 13.2 Å². The van der Waals surface area contributed by atoms with E-state index in [1.54, 1.807) is 19.9 Å². The topological polar surface area (TPSA) is 101 Å². The van der Waals surface area contributed by atoms with E-state index in [-0.39, 0.29) is 35.8 Å². The molecule has 0 aliphatic carbocycles. The van der Waals surface area contributed by atoms with Gasteiger partial charge in [0, 0.05) is 16.7 Å². The van der Waals surface area contributed by atoms with Crippen molar-refractivity contribution < 1.29 is 24.0 Å². The lowest BCUT2D eigenvalue weighted by molar-refractivity contribution is -0.384. The third-order valence-corrected chi connectivity index (χ3v) is 3.70. The number of carbonyl (C=O) groups excluding carboxylic acids is 2. The Labute approximate surface area is 151 Å². The van der Waals surface area contributed by atoms with Gasteiger partial charge in [-0.1, -0.05) is 15.9 Å². The van der Waals surface area contributed by atoms with Gasteiger partial charge in [-0.2, -0.15) is 0 Å². The number of hydrogen-bond donors (Lipinski definition) is 0. The predicted molar refractivity (Wildman–Crippen MR) is 92.0 cm³/mol. The zero-order valence-electron chi connectivity index (χ0n) is 13.5. The Hall–Kier alpha value is -2.68. The van der Waals surface area contributed by atoms with Gasteiger partial charge in [0.2, 0.25) is 0 Å². The molecule has 0 bridgehead atoms. The van der Waals surface area contributed by atoms with E-state index in [1.807, 2.05) is 0 Å². The van der Waals surface area contributed by atoms with Crippen molar-refractivity contribution in [3.8, 4) is 5.69 Å². The minimum Gasteiger partial charge on any atom is -0.462 e. The van der Waals surface area contributed by atoms with Crippen LogP contribution in [-0.4, -0.2) is 34.6 Å². The fraction of sp³-hybridized carbons (Fsp3) is 0.250. The molecule has 0 N–H and O–H groups in total. The Morgan fingerprint density at radius 1 is 1.16 bits per heavy atom. The van der Waals surface area contributed by atoms with Gasteiger partial charge in [0.1, 0.15) is 11.4 Å². The molecule has 9 heteroatoms. The standard InChI is InChI=1S/C16H15BrN2O6/c1-3-24-15(20)10-7-14(16(21)25-4-2)18(9-10)12-6-5-11(17)8-13(12)19(22)23/h5-9H,3-4H2,1-2H3. The predicted octanol–water partition coefficient (Wildman–Crippen LogP) is 3.50. The summed E-state index contributed by atoms with van der Waals surface area (Å²) in [4.78, 5) is 35.0. The molecule has 0 amide bonds. The van der Waals surface area contributed by atoms with Crippen LogP contribution in [0, 0.1) is 10.1 Å². The van der Waals surface area contributed by atoms with E-state index >= 15 is 0 Å². The van der Waals surface area contributed by atoms with Gasteiger partial charge in [-0.15, -0.1) is 0 Å². The lowest BCUT2D eigenvalue weighted by Gasteiger charge is -2.09. The number of nitro groups is 1. The second-order valence-corrected chi connectivity index (χ2v) is 5.73. The van der Waals surface area contributed by atoms with E-state index < -0.39 is 16.9 Å². The van der Waals surface area contributed by atoms with Crippen molar-refractivity contribution in [2.24, 2.45) is 0 Å². The first-order valence-electron chi connectivity index (χ1n) is 7.40. The Kier molecular flexibility index (Phi) is 5.92. The molecule has 1 aromatic carbocycles. The summed E-state index contributed by atoms with van der Waals surface area (Å²) in [6.07, 6.45) is 1.32. The average molecular weight is 411 g/mol. The van der Waals surface area contributed by atoms with Crippen molar-refractivity contribution in [3.63, 3.8) is 0 Å². The first kappa shape index (κ1) is 18.7. The van der Waals surface area contributed by atoms with Crippen LogP contribution < -0.4 is 0 Å². The highest BCUT2D eigenvalue weighted by Gasteiger charge is 2.24. The lowest BCUT2D eigenvalue weighted by atomic mass is 10.2. The average Bonchev–Trinajstić information content (AvgIpc) is 3.00. The Morgan fingerprint density at radius 2 is 1.80 bits per heavy atom. The minimum absolute atomic E-state index is 0.00433. The van der Waals surface area contributed by atoms with Crippen LogP contribution in [0.25, 0.3) is 5.69 Å². The summed E-state index contributed by atoms with van der Waals surface area (Å²) in [6, 6.07) is 5.68. The summed E-state index contributed by atoms with van der Waals surface area (Å²) in [5, 5.41) is 11.4. The van der Waals surface area contributed by atoms with Crippen LogP contribution in [0.4, 0.5) is 5.69 Å². The van der Waals surface area contributed by atoms with Crippen LogP contribution in [0.3, 0.4) is 0 Å². The number of nitro benzene ring substituents is 1. The summed E-state index contributed by atoms with van der Waals surface area (Å²) in [5.41, 5.74) is -0.00446. The van der Waals surface area contributed by atoms with E-state index in [0.717, 1.165) is 0 Å². The third-order valence-electron chi connectivity index (χ3n) is 3.21. The van der Waals surface area contributed by atoms with Gasteiger partial charge in [-0.3, -0.25) is 10.1 Å². The second kappa shape index (κ2) is 7.93. The van der Waals surface area contributed by atoms with Crippen molar-refractivity contribution in [1.82, 2.24) is 4.57 Å². The van der Waals surface area contributed by atoms with Gasteiger partial charge in [-0.25, -0.2) is 9.59 Å². The largest absolute Gasteiger partial charge is 0.462 e. The summed E-state index contributed by atoms with van der Waals surface area (Å²) < 4.78 is 11.7. The molecule has 2 aromatic rings. The molecule has 132 valence electrons. The number of rotatable bonds is 6. The van der Waals surface area contributed by atoms with Gasteiger partial charge in [-0.05, 0) is 32.0 Å². The van der Waals surface area contributed by atoms with Crippen molar-refractivity contribution in [3.05, 3.63) is 56.3 Å². The highest BCUT2D eigenvalue weighted by atomic mass is 79.9. The second-order valence-electron chi connectivity index (χ2n) is 4.82. The van der Waals surface area contributed by atoms with Crippen LogP contribution in [0.5, 0.6) is 0 Å². The van der Waals surface area contributed by atoms with E-state index in [1.165, 1.54) is 29.0 Å². The lowest BCUT2D eigenvalue weighted by Crippen LogP contribution is -2.11. The molecular weight excluding hydrogens is 396 g/mol. The van der Waals surface area contributed by atoms with Crippen LogP contribution in [0.1, 0.15) is 34.7 Å². The number of nitrogens with zero attached hydrogens (tertiary/aromatic N) is 2. The maximum atomic E-state index is 12.2. The summed E-state index contributed by atoms with van der Waals surface area (Å²) in [5.74, 6) is -1.33. The molecule has 0 saturated heterocycles. The fourth-order valence-electron chi connectivity index (χ4n) is 2.20. The molecule has 2 rings (SSSR count). The summed E-state index contributed by atoms with van der Waals surface area (Å²) in [7, 11) is 0. The zero-order valence-corrected chi connectivity index (χ0v) is 15.1. The van der Waals surface area contributed by atoms with E-state index in [0.29, 0.717) is 4.47 Å².